The number of ether oxygens (including phenoxy) is 2. The van der Waals surface area contributed by atoms with Gasteiger partial charge in [0.05, 0.1) is 7.11 Å². The van der Waals surface area contributed by atoms with E-state index in [0.29, 0.717) is 36.5 Å². The Morgan fingerprint density at radius 3 is 2.42 bits per heavy atom. The van der Waals surface area contributed by atoms with Gasteiger partial charge in [0, 0.05) is 19.3 Å². The van der Waals surface area contributed by atoms with Crippen LogP contribution in [0.4, 0.5) is 0 Å². The van der Waals surface area contributed by atoms with E-state index in [0.717, 1.165) is 44.9 Å². The maximum absolute atomic E-state index is 13.5. The van der Waals surface area contributed by atoms with Crippen LogP contribution in [0.25, 0.3) is 0 Å². The van der Waals surface area contributed by atoms with Crippen LogP contribution in [0.15, 0.2) is 0 Å². The van der Waals surface area contributed by atoms with Gasteiger partial charge in [-0.1, -0.05) is 20.8 Å². The fourth-order valence-electron chi connectivity index (χ4n) is 8.95. The highest BCUT2D eigenvalue weighted by molar-refractivity contribution is 5.87. The molecule has 1 unspecified atom stereocenters. The summed E-state index contributed by atoms with van der Waals surface area (Å²) in [5.41, 5.74) is -0.0380. The Kier molecular flexibility index (Phi) is 6.71. The minimum atomic E-state index is -0.919. The quantitative estimate of drug-likeness (QED) is 0.612. The van der Waals surface area contributed by atoms with Crippen LogP contribution in [0.1, 0.15) is 85.5 Å². The number of carbonyl (C=O) groups excluding carboxylic acids is 3. The topological polar surface area (TPSA) is 89.9 Å². The third-order valence-electron chi connectivity index (χ3n) is 10.6. The molecule has 0 saturated heterocycles. The van der Waals surface area contributed by atoms with Crippen molar-refractivity contribution in [2.45, 2.75) is 97.7 Å². The van der Waals surface area contributed by atoms with Crippen LogP contribution in [-0.4, -0.2) is 42.1 Å². The highest BCUT2D eigenvalue weighted by Crippen LogP contribution is 2.67. The van der Waals surface area contributed by atoms with E-state index in [4.69, 9.17) is 9.47 Å². The van der Waals surface area contributed by atoms with E-state index in [1.54, 1.807) is 0 Å². The first-order valence-corrected chi connectivity index (χ1v) is 13.0. The summed E-state index contributed by atoms with van der Waals surface area (Å²) < 4.78 is 10.3. The van der Waals surface area contributed by atoms with Gasteiger partial charge in [-0.05, 0) is 91.8 Å². The summed E-state index contributed by atoms with van der Waals surface area (Å²) in [5, 5.41) is 11.4. The highest BCUT2D eigenvalue weighted by Gasteiger charge is 2.65. The summed E-state index contributed by atoms with van der Waals surface area (Å²) in [7, 11) is 1.44. The molecular formula is C27H42O6. The van der Waals surface area contributed by atoms with E-state index in [-0.39, 0.29) is 46.5 Å². The molecule has 33 heavy (non-hydrogen) atoms. The minimum Gasteiger partial charge on any atom is -0.469 e. The number of Topliss-reactive ketones (excluding diaryl/α,β-unsaturated/α-hetero) is 1. The second kappa shape index (κ2) is 8.98. The average Bonchev–Trinajstić information content (AvgIpc) is 3.13. The normalized spacial score (nSPS) is 45.4. The van der Waals surface area contributed by atoms with E-state index in [1.165, 1.54) is 14.0 Å². The number of aliphatic hydroxyl groups excluding tert-OH is 1. The molecule has 0 heterocycles. The molecule has 0 radical (unpaired) electrons. The van der Waals surface area contributed by atoms with Gasteiger partial charge in [-0.15, -0.1) is 0 Å². The van der Waals surface area contributed by atoms with Crippen molar-refractivity contribution in [1.82, 2.24) is 0 Å². The first-order chi connectivity index (χ1) is 15.5. The molecule has 4 aliphatic carbocycles. The van der Waals surface area contributed by atoms with Gasteiger partial charge in [-0.25, -0.2) is 0 Å². The van der Waals surface area contributed by atoms with Crippen LogP contribution >= 0.6 is 0 Å². The third kappa shape index (κ3) is 4.04. The highest BCUT2D eigenvalue weighted by atomic mass is 16.5. The molecule has 6 nitrogen and oxygen atoms in total. The van der Waals surface area contributed by atoms with Crippen molar-refractivity contribution in [1.29, 1.82) is 0 Å². The molecule has 4 aliphatic rings. The van der Waals surface area contributed by atoms with Gasteiger partial charge < -0.3 is 14.6 Å². The third-order valence-corrected chi connectivity index (χ3v) is 10.6. The van der Waals surface area contributed by atoms with Crippen LogP contribution < -0.4 is 0 Å². The largest absolute Gasteiger partial charge is 0.469 e. The molecule has 10 atom stereocenters. The molecule has 186 valence electrons. The van der Waals surface area contributed by atoms with Crippen molar-refractivity contribution in [2.24, 2.45) is 46.3 Å². The lowest BCUT2D eigenvalue weighted by molar-refractivity contribution is -0.188. The second-order valence-corrected chi connectivity index (χ2v) is 12.0. The average molecular weight is 463 g/mol. The predicted octanol–water partition coefficient (Wildman–Crippen LogP) is 4.32. The standard InChI is InChI=1S/C27H42O6/c1-15(6-9-22(29)32-5)18-7-8-19-23-20(11-13-26(18,19)3)27(4)12-10-17(33-16(2)28)14-21(27)24(30)25(23)31/h15,17-21,23,25,31H,6-14H2,1-5H3/t15-,17-,18-,19+,20+,21?,23+,25+,26-,27-/m1/s1. The van der Waals surface area contributed by atoms with E-state index in [9.17, 15) is 19.5 Å². The number of esters is 2. The Hall–Kier alpha value is -1.43. The van der Waals surface area contributed by atoms with Crippen molar-refractivity contribution in [3.63, 3.8) is 0 Å². The predicted molar refractivity (Wildman–Crippen MR) is 123 cm³/mol. The number of aliphatic hydroxyl groups is 1. The van der Waals surface area contributed by atoms with Gasteiger partial charge in [0.15, 0.2) is 5.78 Å². The summed E-state index contributed by atoms with van der Waals surface area (Å²) in [6.45, 7) is 8.32. The van der Waals surface area contributed by atoms with Crippen molar-refractivity contribution in [3.8, 4) is 0 Å². The second-order valence-electron chi connectivity index (χ2n) is 12.0. The van der Waals surface area contributed by atoms with Gasteiger partial charge in [0.2, 0.25) is 0 Å². The lowest BCUT2D eigenvalue weighted by atomic mass is 9.43. The zero-order valence-electron chi connectivity index (χ0n) is 21.0. The zero-order chi connectivity index (χ0) is 24.1. The molecule has 0 aromatic carbocycles. The minimum absolute atomic E-state index is 0.0144. The monoisotopic (exact) mass is 462 g/mol. The fraction of sp³-hybridized carbons (Fsp3) is 0.889. The number of hydrogen-bond donors (Lipinski definition) is 1. The number of fused-ring (bicyclic) bond motifs is 5. The van der Waals surface area contributed by atoms with Crippen LogP contribution in [0.3, 0.4) is 0 Å². The van der Waals surface area contributed by atoms with Gasteiger partial charge in [0.25, 0.3) is 0 Å². The van der Waals surface area contributed by atoms with Gasteiger partial charge in [0.1, 0.15) is 12.2 Å². The van der Waals surface area contributed by atoms with Gasteiger partial charge in [-0.2, -0.15) is 0 Å². The smallest absolute Gasteiger partial charge is 0.305 e. The SMILES string of the molecule is COC(=O)CC[C@@H](C)[C@H]1CC[C@H]2[C@@H]3[C@H](O)C(=O)C4C[C@H](OC(C)=O)CC[C@]4(C)[C@H]3CC[C@]12C. The fourth-order valence-corrected chi connectivity index (χ4v) is 8.95. The Morgan fingerprint density at radius 2 is 1.76 bits per heavy atom. The Balaban J connectivity index is 1.54. The van der Waals surface area contributed by atoms with E-state index >= 15 is 0 Å². The van der Waals surface area contributed by atoms with Crippen LogP contribution in [0.2, 0.25) is 0 Å². The molecule has 0 amide bonds. The summed E-state index contributed by atoms with van der Waals surface area (Å²) in [4.78, 5) is 36.7. The number of methoxy groups -OCH3 is 1. The number of ketones is 1. The maximum Gasteiger partial charge on any atom is 0.305 e. The summed E-state index contributed by atoms with van der Waals surface area (Å²) in [6, 6.07) is 0. The Bertz CT molecular complexity index is 793. The van der Waals surface area contributed by atoms with Gasteiger partial charge >= 0.3 is 11.9 Å². The lowest BCUT2D eigenvalue weighted by Crippen LogP contribution is -2.62. The molecule has 4 saturated carbocycles. The number of hydrogen-bond acceptors (Lipinski definition) is 6. The molecule has 1 N–H and O–H groups in total. The molecule has 0 aromatic rings. The van der Waals surface area contributed by atoms with Crippen LogP contribution in [-0.2, 0) is 23.9 Å². The first kappa shape index (κ1) is 24.7. The van der Waals surface area contributed by atoms with Crippen LogP contribution in [0, 0.1) is 46.3 Å². The van der Waals surface area contributed by atoms with E-state index in [2.05, 4.69) is 20.8 Å². The summed E-state index contributed by atoms with van der Waals surface area (Å²) >= 11 is 0. The summed E-state index contributed by atoms with van der Waals surface area (Å²) in [6.07, 6.45) is 6.66. The zero-order valence-corrected chi connectivity index (χ0v) is 21.0. The number of rotatable bonds is 5. The van der Waals surface area contributed by atoms with Gasteiger partial charge in [-0.3, -0.25) is 14.4 Å². The Labute approximate surface area is 198 Å². The van der Waals surface area contributed by atoms with Crippen LogP contribution in [0.5, 0.6) is 0 Å². The van der Waals surface area contributed by atoms with Crippen molar-refractivity contribution < 1.29 is 29.0 Å². The molecular weight excluding hydrogens is 420 g/mol. The molecule has 4 fully saturated rings. The van der Waals surface area contributed by atoms with Crippen molar-refractivity contribution in [3.05, 3.63) is 0 Å². The van der Waals surface area contributed by atoms with Crippen molar-refractivity contribution in [2.75, 3.05) is 7.11 Å². The summed E-state index contributed by atoms with van der Waals surface area (Å²) in [5.74, 6) is 0.893. The molecule has 0 aliphatic heterocycles. The first-order valence-electron chi connectivity index (χ1n) is 13.0. The molecule has 4 rings (SSSR count). The van der Waals surface area contributed by atoms with E-state index in [1.807, 2.05) is 0 Å². The molecule has 0 spiro atoms. The maximum atomic E-state index is 13.5. The van der Waals surface area contributed by atoms with E-state index < -0.39 is 6.10 Å². The molecule has 0 bridgehead atoms. The molecule has 6 heteroatoms. The number of carbonyl (C=O) groups is 3. The Morgan fingerprint density at radius 1 is 1.09 bits per heavy atom. The molecule has 0 aromatic heterocycles. The van der Waals surface area contributed by atoms with Crippen molar-refractivity contribution >= 4 is 17.7 Å². The lowest BCUT2D eigenvalue weighted by Gasteiger charge is -2.61.